The number of hydrazine groups is 1. The van der Waals surface area contributed by atoms with E-state index in [0.717, 1.165) is 11.1 Å². The van der Waals surface area contributed by atoms with E-state index in [1.54, 1.807) is 25.3 Å². The van der Waals surface area contributed by atoms with Crippen LogP contribution in [0.25, 0.3) is 6.08 Å². The number of nitrogens with two attached hydrogens (primary N) is 1. The SMILES string of the molecule is COc1ccc(/C=C/C(=O)NN)cc1OCc1ccc(Cl)cc1. The van der Waals surface area contributed by atoms with Crippen molar-refractivity contribution < 1.29 is 14.3 Å². The van der Waals surface area contributed by atoms with Gasteiger partial charge in [-0.1, -0.05) is 29.8 Å². The minimum atomic E-state index is -0.385. The molecule has 0 saturated heterocycles. The van der Waals surface area contributed by atoms with Crippen LogP contribution in [0.15, 0.2) is 48.5 Å². The van der Waals surface area contributed by atoms with Gasteiger partial charge in [-0.25, -0.2) is 5.84 Å². The molecule has 0 aliphatic heterocycles. The van der Waals surface area contributed by atoms with Crippen molar-refractivity contribution in [3.05, 3.63) is 64.7 Å². The topological polar surface area (TPSA) is 73.6 Å². The highest BCUT2D eigenvalue weighted by molar-refractivity contribution is 6.30. The zero-order valence-electron chi connectivity index (χ0n) is 12.6. The van der Waals surface area contributed by atoms with Gasteiger partial charge in [0.2, 0.25) is 0 Å². The maximum Gasteiger partial charge on any atom is 0.257 e. The lowest BCUT2D eigenvalue weighted by atomic mass is 10.2. The molecule has 0 unspecified atom stereocenters. The summed E-state index contributed by atoms with van der Waals surface area (Å²) in [5, 5.41) is 0.677. The van der Waals surface area contributed by atoms with E-state index in [9.17, 15) is 4.79 Å². The Bertz CT molecular complexity index is 699. The number of amides is 1. The lowest BCUT2D eigenvalue weighted by Crippen LogP contribution is -2.27. The molecule has 6 heteroatoms. The van der Waals surface area contributed by atoms with E-state index in [0.29, 0.717) is 23.1 Å². The third-order valence-electron chi connectivity index (χ3n) is 3.06. The van der Waals surface area contributed by atoms with E-state index in [2.05, 4.69) is 0 Å². The van der Waals surface area contributed by atoms with Gasteiger partial charge in [0, 0.05) is 11.1 Å². The molecule has 0 bridgehead atoms. The third-order valence-corrected chi connectivity index (χ3v) is 3.32. The van der Waals surface area contributed by atoms with E-state index in [1.807, 2.05) is 35.8 Å². The average Bonchev–Trinajstić information content (AvgIpc) is 2.59. The highest BCUT2D eigenvalue weighted by atomic mass is 35.5. The predicted molar refractivity (Wildman–Crippen MR) is 90.1 cm³/mol. The van der Waals surface area contributed by atoms with E-state index in [-0.39, 0.29) is 5.91 Å². The van der Waals surface area contributed by atoms with Crippen LogP contribution in [-0.2, 0) is 11.4 Å². The molecule has 23 heavy (non-hydrogen) atoms. The second-order valence-corrected chi connectivity index (χ2v) is 5.10. The van der Waals surface area contributed by atoms with Crippen LogP contribution in [0.2, 0.25) is 5.02 Å². The van der Waals surface area contributed by atoms with Crippen molar-refractivity contribution in [3.8, 4) is 11.5 Å². The monoisotopic (exact) mass is 332 g/mol. The highest BCUT2D eigenvalue weighted by Crippen LogP contribution is 2.29. The van der Waals surface area contributed by atoms with Gasteiger partial charge >= 0.3 is 0 Å². The molecule has 0 aliphatic rings. The fraction of sp³-hybridized carbons (Fsp3) is 0.118. The molecule has 0 saturated carbocycles. The molecular formula is C17H17ClN2O3. The van der Waals surface area contributed by atoms with Crippen LogP contribution in [0.3, 0.4) is 0 Å². The van der Waals surface area contributed by atoms with Gasteiger partial charge in [-0.3, -0.25) is 10.2 Å². The second kappa shape index (κ2) is 8.22. The van der Waals surface area contributed by atoms with Crippen LogP contribution in [0.1, 0.15) is 11.1 Å². The molecule has 0 radical (unpaired) electrons. The van der Waals surface area contributed by atoms with Crippen LogP contribution in [-0.4, -0.2) is 13.0 Å². The van der Waals surface area contributed by atoms with E-state index in [4.69, 9.17) is 26.9 Å². The summed E-state index contributed by atoms with van der Waals surface area (Å²) in [6.07, 6.45) is 2.97. The summed E-state index contributed by atoms with van der Waals surface area (Å²) in [5.41, 5.74) is 3.81. The lowest BCUT2D eigenvalue weighted by Gasteiger charge is -2.11. The van der Waals surface area contributed by atoms with Gasteiger partial charge in [0.25, 0.3) is 5.91 Å². The summed E-state index contributed by atoms with van der Waals surface area (Å²) in [4.78, 5) is 11.1. The van der Waals surface area contributed by atoms with E-state index < -0.39 is 0 Å². The molecule has 1 amide bonds. The molecular weight excluding hydrogens is 316 g/mol. The number of rotatable bonds is 6. The Morgan fingerprint density at radius 2 is 1.96 bits per heavy atom. The van der Waals surface area contributed by atoms with Crippen LogP contribution in [0.4, 0.5) is 0 Å². The van der Waals surface area contributed by atoms with Gasteiger partial charge in [-0.2, -0.15) is 0 Å². The number of ether oxygens (including phenoxy) is 2. The number of halogens is 1. The summed E-state index contributed by atoms with van der Waals surface area (Å²) in [5.74, 6) is 5.84. The Balaban J connectivity index is 2.13. The molecule has 0 fully saturated rings. The molecule has 0 spiro atoms. The number of methoxy groups -OCH3 is 1. The quantitative estimate of drug-likeness (QED) is 0.369. The van der Waals surface area contributed by atoms with Crippen LogP contribution in [0.5, 0.6) is 11.5 Å². The molecule has 0 aliphatic carbocycles. The van der Waals surface area contributed by atoms with Crippen LogP contribution in [0, 0.1) is 0 Å². The molecule has 5 nitrogen and oxygen atoms in total. The van der Waals surface area contributed by atoms with Crippen molar-refractivity contribution in [1.29, 1.82) is 0 Å². The summed E-state index contributed by atoms with van der Waals surface area (Å²) < 4.78 is 11.1. The number of nitrogens with one attached hydrogen (secondary N) is 1. The first-order chi connectivity index (χ1) is 11.1. The first-order valence-corrected chi connectivity index (χ1v) is 7.24. The minimum absolute atomic E-state index is 0.379. The fourth-order valence-electron chi connectivity index (χ4n) is 1.87. The summed E-state index contributed by atoms with van der Waals surface area (Å²) in [7, 11) is 1.57. The van der Waals surface area contributed by atoms with Gasteiger partial charge in [-0.15, -0.1) is 0 Å². The molecule has 0 heterocycles. The Hall–Kier alpha value is -2.50. The molecule has 0 atom stereocenters. The molecule has 2 aromatic carbocycles. The van der Waals surface area contributed by atoms with Gasteiger partial charge in [0.1, 0.15) is 6.61 Å². The zero-order valence-corrected chi connectivity index (χ0v) is 13.3. The number of benzene rings is 2. The van der Waals surface area contributed by atoms with Gasteiger partial charge < -0.3 is 9.47 Å². The van der Waals surface area contributed by atoms with Gasteiger partial charge in [-0.05, 0) is 41.5 Å². The molecule has 3 N–H and O–H groups in total. The zero-order chi connectivity index (χ0) is 16.7. The maximum atomic E-state index is 11.1. The number of hydrogen-bond acceptors (Lipinski definition) is 4. The Morgan fingerprint density at radius 3 is 2.61 bits per heavy atom. The molecule has 2 rings (SSSR count). The Morgan fingerprint density at radius 1 is 1.22 bits per heavy atom. The Kier molecular flexibility index (Phi) is 6.02. The first-order valence-electron chi connectivity index (χ1n) is 6.86. The standard InChI is InChI=1S/C17H17ClN2O3/c1-22-15-8-4-12(5-9-17(21)20-19)10-16(15)23-11-13-2-6-14(18)7-3-13/h2-10H,11,19H2,1H3,(H,20,21)/b9-5+. The van der Waals surface area contributed by atoms with Crippen molar-refractivity contribution in [2.75, 3.05) is 7.11 Å². The van der Waals surface area contributed by atoms with Gasteiger partial charge in [0.15, 0.2) is 11.5 Å². The smallest absolute Gasteiger partial charge is 0.257 e. The highest BCUT2D eigenvalue weighted by Gasteiger charge is 2.06. The normalized spacial score (nSPS) is 10.6. The maximum absolute atomic E-state index is 11.1. The van der Waals surface area contributed by atoms with E-state index in [1.165, 1.54) is 6.08 Å². The fourth-order valence-corrected chi connectivity index (χ4v) is 2.00. The van der Waals surface area contributed by atoms with Crippen molar-refractivity contribution in [3.63, 3.8) is 0 Å². The Labute approximate surface area is 139 Å². The third kappa shape index (κ3) is 5.02. The summed E-state index contributed by atoms with van der Waals surface area (Å²) >= 11 is 5.86. The number of hydrogen-bond donors (Lipinski definition) is 2. The van der Waals surface area contributed by atoms with Crippen molar-refractivity contribution in [2.24, 2.45) is 5.84 Å². The molecule has 120 valence electrons. The first kappa shape index (κ1) is 16.9. The summed E-state index contributed by atoms with van der Waals surface area (Å²) in [6, 6.07) is 12.8. The predicted octanol–water partition coefficient (Wildman–Crippen LogP) is 2.93. The van der Waals surface area contributed by atoms with Crippen LogP contribution >= 0.6 is 11.6 Å². The van der Waals surface area contributed by atoms with Gasteiger partial charge in [0.05, 0.1) is 7.11 Å². The largest absolute Gasteiger partial charge is 0.493 e. The molecule has 0 aromatic heterocycles. The lowest BCUT2D eigenvalue weighted by molar-refractivity contribution is -0.116. The second-order valence-electron chi connectivity index (χ2n) is 4.67. The van der Waals surface area contributed by atoms with Crippen molar-refractivity contribution in [2.45, 2.75) is 6.61 Å². The molecule has 2 aromatic rings. The van der Waals surface area contributed by atoms with Crippen molar-refractivity contribution in [1.82, 2.24) is 5.43 Å². The number of carbonyl (C=O) groups excluding carboxylic acids is 1. The van der Waals surface area contributed by atoms with E-state index >= 15 is 0 Å². The van der Waals surface area contributed by atoms with Crippen molar-refractivity contribution >= 4 is 23.6 Å². The number of carbonyl (C=O) groups is 1. The average molecular weight is 333 g/mol. The summed E-state index contributed by atoms with van der Waals surface area (Å²) in [6.45, 7) is 0.379. The minimum Gasteiger partial charge on any atom is -0.493 e. The van der Waals surface area contributed by atoms with Crippen LogP contribution < -0.4 is 20.7 Å².